The van der Waals surface area contributed by atoms with Gasteiger partial charge in [0.1, 0.15) is 24.2 Å². The molecule has 0 aromatic heterocycles. The van der Waals surface area contributed by atoms with Crippen molar-refractivity contribution in [3.05, 3.63) is 89.2 Å². The van der Waals surface area contributed by atoms with Gasteiger partial charge in [0, 0.05) is 12.6 Å². The molecule has 2 atom stereocenters. The maximum Gasteiger partial charge on any atom is 0.264 e. The zero-order valence-corrected chi connectivity index (χ0v) is 25.1. The summed E-state index contributed by atoms with van der Waals surface area (Å²) in [4.78, 5) is 28.7. The molecular formula is C30H35ClFN3O5S. The summed E-state index contributed by atoms with van der Waals surface area (Å²) in [6, 6.07) is 16.7. The summed E-state index contributed by atoms with van der Waals surface area (Å²) in [5.74, 6) is -1.08. The zero-order valence-electron chi connectivity index (χ0n) is 23.5. The average Bonchev–Trinajstić information content (AvgIpc) is 2.96. The SMILES string of the molecule is CCC(C)NC(=O)C(CC)N(Cc1ccc(F)cc1)C(=O)CN(c1ccc(OC)c(Cl)c1)S(=O)(=O)c1ccccc1. The molecule has 2 amide bonds. The first kappa shape index (κ1) is 31.9. The molecule has 3 aromatic rings. The zero-order chi connectivity index (χ0) is 30.2. The third-order valence-electron chi connectivity index (χ3n) is 6.69. The fourth-order valence-electron chi connectivity index (χ4n) is 4.21. The van der Waals surface area contributed by atoms with Gasteiger partial charge in [-0.25, -0.2) is 12.8 Å². The number of methoxy groups -OCH3 is 1. The van der Waals surface area contributed by atoms with Crippen molar-refractivity contribution >= 4 is 39.1 Å². The predicted molar refractivity (Wildman–Crippen MR) is 158 cm³/mol. The first-order chi connectivity index (χ1) is 19.5. The van der Waals surface area contributed by atoms with Gasteiger partial charge in [-0.15, -0.1) is 0 Å². The monoisotopic (exact) mass is 603 g/mol. The number of nitrogens with zero attached hydrogens (tertiary/aromatic N) is 2. The second-order valence-corrected chi connectivity index (χ2v) is 11.8. The molecule has 3 aromatic carbocycles. The summed E-state index contributed by atoms with van der Waals surface area (Å²) in [6.45, 7) is 4.91. The van der Waals surface area contributed by atoms with Gasteiger partial charge >= 0.3 is 0 Å². The van der Waals surface area contributed by atoms with Crippen LogP contribution in [-0.2, 0) is 26.2 Å². The van der Waals surface area contributed by atoms with E-state index in [2.05, 4.69) is 5.32 Å². The minimum Gasteiger partial charge on any atom is -0.495 e. The van der Waals surface area contributed by atoms with Crippen molar-refractivity contribution in [2.45, 2.75) is 57.1 Å². The first-order valence-electron chi connectivity index (χ1n) is 13.3. The highest BCUT2D eigenvalue weighted by Gasteiger charge is 2.34. The van der Waals surface area contributed by atoms with Gasteiger partial charge in [-0.05, 0) is 67.8 Å². The van der Waals surface area contributed by atoms with E-state index < -0.39 is 34.3 Å². The number of carbonyl (C=O) groups is 2. The number of nitrogens with one attached hydrogen (secondary N) is 1. The number of amides is 2. The van der Waals surface area contributed by atoms with Crippen molar-refractivity contribution in [3.8, 4) is 5.75 Å². The molecule has 0 aliphatic rings. The van der Waals surface area contributed by atoms with Crippen LogP contribution >= 0.6 is 11.6 Å². The Morgan fingerprint density at radius 2 is 1.66 bits per heavy atom. The second-order valence-electron chi connectivity index (χ2n) is 9.53. The van der Waals surface area contributed by atoms with Crippen molar-refractivity contribution in [1.82, 2.24) is 10.2 Å². The molecule has 0 saturated carbocycles. The predicted octanol–water partition coefficient (Wildman–Crippen LogP) is 5.41. The van der Waals surface area contributed by atoms with E-state index in [1.54, 1.807) is 25.1 Å². The van der Waals surface area contributed by atoms with E-state index in [9.17, 15) is 22.4 Å². The summed E-state index contributed by atoms with van der Waals surface area (Å²) in [7, 11) is -2.80. The number of benzene rings is 3. The first-order valence-corrected chi connectivity index (χ1v) is 15.1. The lowest BCUT2D eigenvalue weighted by molar-refractivity contribution is -0.140. The molecule has 3 rings (SSSR count). The van der Waals surface area contributed by atoms with Gasteiger partial charge in [0.15, 0.2) is 0 Å². The van der Waals surface area contributed by atoms with Crippen LogP contribution in [0.2, 0.25) is 5.02 Å². The smallest absolute Gasteiger partial charge is 0.264 e. The highest BCUT2D eigenvalue weighted by Crippen LogP contribution is 2.32. The molecule has 41 heavy (non-hydrogen) atoms. The van der Waals surface area contributed by atoms with Gasteiger partial charge in [0.25, 0.3) is 10.0 Å². The Bertz CT molecular complexity index is 1440. The fourth-order valence-corrected chi connectivity index (χ4v) is 5.88. The van der Waals surface area contributed by atoms with E-state index in [4.69, 9.17) is 16.3 Å². The number of anilines is 1. The molecule has 11 heteroatoms. The van der Waals surface area contributed by atoms with Crippen LogP contribution in [0.3, 0.4) is 0 Å². The summed E-state index contributed by atoms with van der Waals surface area (Å²) in [5.41, 5.74) is 0.728. The number of ether oxygens (including phenoxy) is 1. The van der Waals surface area contributed by atoms with E-state index in [-0.39, 0.29) is 40.5 Å². The van der Waals surface area contributed by atoms with Crippen LogP contribution in [0.1, 0.15) is 39.2 Å². The van der Waals surface area contributed by atoms with Gasteiger partial charge in [-0.3, -0.25) is 13.9 Å². The van der Waals surface area contributed by atoms with Gasteiger partial charge in [-0.2, -0.15) is 0 Å². The van der Waals surface area contributed by atoms with Crippen molar-refractivity contribution in [1.29, 1.82) is 0 Å². The minimum absolute atomic E-state index is 0.0219. The Morgan fingerprint density at radius 1 is 1.00 bits per heavy atom. The van der Waals surface area contributed by atoms with Crippen LogP contribution in [0, 0.1) is 5.82 Å². The highest BCUT2D eigenvalue weighted by atomic mass is 35.5. The number of hydrogen-bond acceptors (Lipinski definition) is 5. The maximum atomic E-state index is 14.1. The Morgan fingerprint density at radius 3 is 2.22 bits per heavy atom. The number of hydrogen-bond donors (Lipinski definition) is 1. The topological polar surface area (TPSA) is 96.0 Å². The third-order valence-corrected chi connectivity index (χ3v) is 8.77. The van der Waals surface area contributed by atoms with Crippen LogP contribution in [0.5, 0.6) is 5.75 Å². The molecule has 0 fully saturated rings. The number of sulfonamides is 1. The lowest BCUT2D eigenvalue weighted by Crippen LogP contribution is -2.53. The van der Waals surface area contributed by atoms with Crippen LogP contribution in [0.4, 0.5) is 10.1 Å². The van der Waals surface area contributed by atoms with Crippen LogP contribution in [0.15, 0.2) is 77.7 Å². The van der Waals surface area contributed by atoms with Gasteiger partial charge in [0.05, 0.1) is 22.7 Å². The maximum absolute atomic E-state index is 14.1. The molecule has 0 saturated heterocycles. The Balaban J connectivity index is 2.08. The summed E-state index contributed by atoms with van der Waals surface area (Å²) in [6.07, 6.45) is 0.963. The molecule has 0 spiro atoms. The standard InChI is InChI=1S/C30H35ClFN3O5S/c1-5-21(3)33-30(37)27(6-2)34(19-22-12-14-23(32)15-13-22)29(36)20-35(24-16-17-28(40-4)26(31)18-24)41(38,39)25-10-8-7-9-11-25/h7-18,21,27H,5-6,19-20H2,1-4H3,(H,33,37). The van der Waals surface area contributed by atoms with Gasteiger partial charge in [0.2, 0.25) is 11.8 Å². The third kappa shape index (κ3) is 7.98. The molecule has 0 heterocycles. The van der Waals surface area contributed by atoms with Crippen LogP contribution in [0.25, 0.3) is 0 Å². The van der Waals surface area contributed by atoms with Crippen molar-refractivity contribution in [3.63, 3.8) is 0 Å². The normalized spacial score (nSPS) is 12.7. The lowest BCUT2D eigenvalue weighted by Gasteiger charge is -2.33. The van der Waals surface area contributed by atoms with Crippen molar-refractivity contribution < 1.29 is 27.1 Å². The second kappa shape index (κ2) is 14.3. The van der Waals surface area contributed by atoms with E-state index in [1.165, 1.54) is 66.6 Å². The lowest BCUT2D eigenvalue weighted by atomic mass is 10.1. The molecular weight excluding hydrogens is 569 g/mol. The molecule has 8 nitrogen and oxygen atoms in total. The molecule has 0 bridgehead atoms. The number of carbonyl (C=O) groups excluding carboxylic acids is 2. The summed E-state index contributed by atoms with van der Waals surface area (Å²) in [5, 5.41) is 3.08. The van der Waals surface area contributed by atoms with Gasteiger partial charge < -0.3 is 15.0 Å². The van der Waals surface area contributed by atoms with Crippen LogP contribution < -0.4 is 14.4 Å². The van der Waals surface area contributed by atoms with Crippen molar-refractivity contribution in [2.75, 3.05) is 18.0 Å². The molecule has 1 N–H and O–H groups in total. The van der Waals surface area contributed by atoms with E-state index in [0.717, 1.165) is 4.31 Å². The van der Waals surface area contributed by atoms with Crippen molar-refractivity contribution in [2.24, 2.45) is 0 Å². The van der Waals surface area contributed by atoms with Gasteiger partial charge in [-0.1, -0.05) is 55.8 Å². The largest absolute Gasteiger partial charge is 0.495 e. The number of rotatable bonds is 13. The van der Waals surface area contributed by atoms with E-state index >= 15 is 0 Å². The highest BCUT2D eigenvalue weighted by molar-refractivity contribution is 7.92. The molecule has 0 aliphatic carbocycles. The molecule has 2 unspecified atom stereocenters. The van der Waals surface area contributed by atoms with E-state index in [0.29, 0.717) is 17.7 Å². The molecule has 220 valence electrons. The fraction of sp³-hybridized carbons (Fsp3) is 0.333. The molecule has 0 radical (unpaired) electrons. The Kier molecular flexibility index (Phi) is 11.1. The Hall–Kier alpha value is -3.63. The minimum atomic E-state index is -4.24. The average molecular weight is 604 g/mol. The Labute approximate surface area is 246 Å². The molecule has 0 aliphatic heterocycles. The quantitative estimate of drug-likeness (QED) is 0.282. The summed E-state index contributed by atoms with van der Waals surface area (Å²) < 4.78 is 47.5. The van der Waals surface area contributed by atoms with Crippen LogP contribution in [-0.4, -0.2) is 50.9 Å². The van der Waals surface area contributed by atoms with E-state index in [1.807, 2.05) is 13.8 Å². The summed E-state index contributed by atoms with van der Waals surface area (Å²) >= 11 is 6.34. The number of halogens is 2.